The predicted molar refractivity (Wildman–Crippen MR) is 247 cm³/mol. The summed E-state index contributed by atoms with van der Waals surface area (Å²) in [7, 11) is -4.64. The van der Waals surface area contributed by atoms with E-state index in [1.54, 1.807) is 23.1 Å². The van der Waals surface area contributed by atoms with E-state index in [4.69, 9.17) is 4.98 Å². The summed E-state index contributed by atoms with van der Waals surface area (Å²) in [5.41, 5.74) is 6.31. The van der Waals surface area contributed by atoms with Crippen molar-refractivity contribution in [1.29, 1.82) is 0 Å². The zero-order valence-electron chi connectivity index (χ0n) is 36.5. The second-order valence-corrected chi connectivity index (χ2v) is 20.5. The van der Waals surface area contributed by atoms with Gasteiger partial charge in [-0.1, -0.05) is 57.4 Å². The number of fused-ring (bicyclic) bond motifs is 2. The van der Waals surface area contributed by atoms with Crippen LogP contribution in [0.15, 0.2) is 84.3 Å². The Morgan fingerprint density at radius 3 is 2.55 bits per heavy atom. The Morgan fingerprint density at radius 1 is 0.969 bits per heavy atom. The lowest BCUT2D eigenvalue weighted by atomic mass is 9.59. The van der Waals surface area contributed by atoms with Gasteiger partial charge in [-0.05, 0) is 117 Å². The summed E-state index contributed by atoms with van der Waals surface area (Å²) in [5, 5.41) is 18.7. The molecule has 10 rings (SSSR count). The molecule has 1 spiro atoms. The van der Waals surface area contributed by atoms with Crippen LogP contribution in [0.3, 0.4) is 0 Å². The molecule has 334 valence electrons. The number of nitrogens with one attached hydrogen (secondary N) is 3. The van der Waals surface area contributed by atoms with Gasteiger partial charge in [0.1, 0.15) is 11.2 Å². The number of H-pyrrole nitrogens is 1. The Labute approximate surface area is 373 Å². The van der Waals surface area contributed by atoms with E-state index in [-0.39, 0.29) is 11.3 Å². The van der Waals surface area contributed by atoms with E-state index in [1.165, 1.54) is 43.2 Å². The average Bonchev–Trinajstić information content (AvgIpc) is 4.07. The van der Waals surface area contributed by atoms with Gasteiger partial charge in [0.15, 0.2) is 10.7 Å². The molecule has 2 aliphatic carbocycles. The molecule has 4 fully saturated rings. The normalized spacial score (nSPS) is 19.7. The molecular weight excluding hydrogens is 829 g/mol. The molecule has 6 aromatic rings. The number of nitro groups is 1. The number of sulfonamides is 1. The van der Waals surface area contributed by atoms with Crippen LogP contribution in [0.25, 0.3) is 27.8 Å². The van der Waals surface area contributed by atoms with E-state index in [9.17, 15) is 23.3 Å². The molecule has 15 nitrogen and oxygen atoms in total. The molecule has 1 amide bonds. The highest BCUT2D eigenvalue weighted by Gasteiger charge is 2.50. The molecule has 4 aliphatic rings. The van der Waals surface area contributed by atoms with Gasteiger partial charge in [-0.2, -0.15) is 8.42 Å². The Kier molecular flexibility index (Phi) is 11.1. The van der Waals surface area contributed by atoms with Crippen molar-refractivity contribution in [2.45, 2.75) is 108 Å². The second kappa shape index (κ2) is 16.9. The molecule has 6 heterocycles. The number of carbonyl (C=O) groups excluding carboxylic acids is 1. The fraction of sp³-hybridized carbons (Fsp3) is 0.458. The summed E-state index contributed by atoms with van der Waals surface area (Å²) < 4.78 is 31.5. The first kappa shape index (κ1) is 42.1. The Morgan fingerprint density at radius 2 is 1.77 bits per heavy atom. The number of nitrogens with zero attached hydrogens (tertiary/aromatic N) is 7. The highest BCUT2D eigenvalue weighted by Crippen LogP contribution is 2.54. The zero-order valence-corrected chi connectivity index (χ0v) is 37.3. The van der Waals surface area contributed by atoms with Crippen LogP contribution in [0, 0.1) is 21.4 Å². The van der Waals surface area contributed by atoms with Crippen molar-refractivity contribution >= 4 is 55.1 Å². The number of aromatic nitrogens is 5. The van der Waals surface area contributed by atoms with Gasteiger partial charge >= 0.3 is 0 Å². The van der Waals surface area contributed by atoms with Crippen LogP contribution >= 0.6 is 0 Å². The van der Waals surface area contributed by atoms with Gasteiger partial charge in [0, 0.05) is 55.2 Å². The minimum Gasteiger partial charge on any atom is -0.378 e. The fourth-order valence-corrected chi connectivity index (χ4v) is 12.1. The number of hydrogen-bond acceptors (Lipinski definition) is 11. The number of likely N-dealkylation sites (tertiary alicyclic amines) is 1. The van der Waals surface area contributed by atoms with Gasteiger partial charge in [-0.3, -0.25) is 29.6 Å². The number of amides is 1. The maximum atomic E-state index is 14.2. The first-order valence-corrected chi connectivity index (χ1v) is 24.4. The average molecular weight is 885 g/mol. The van der Waals surface area contributed by atoms with Crippen molar-refractivity contribution < 1.29 is 18.1 Å². The van der Waals surface area contributed by atoms with Crippen LogP contribution < -0.4 is 14.9 Å². The monoisotopic (exact) mass is 884 g/mol. The van der Waals surface area contributed by atoms with Gasteiger partial charge in [-0.15, -0.1) is 0 Å². The van der Waals surface area contributed by atoms with E-state index in [0.29, 0.717) is 58.2 Å². The van der Waals surface area contributed by atoms with Crippen LogP contribution in [0.5, 0.6) is 0 Å². The van der Waals surface area contributed by atoms with Crippen LogP contribution in [-0.4, -0.2) is 81.1 Å². The van der Waals surface area contributed by atoms with Gasteiger partial charge in [0.05, 0.1) is 34.0 Å². The minimum absolute atomic E-state index is 0.0802. The van der Waals surface area contributed by atoms with Crippen molar-refractivity contribution in [2.24, 2.45) is 11.3 Å². The smallest absolute Gasteiger partial charge is 0.296 e. The quantitative estimate of drug-likeness (QED) is 0.0787. The van der Waals surface area contributed by atoms with Crippen molar-refractivity contribution in [1.82, 2.24) is 34.4 Å². The maximum absolute atomic E-state index is 14.2. The topological polar surface area (TPSA) is 184 Å². The molecule has 3 N–H and O–H groups in total. The largest absolute Gasteiger partial charge is 0.378 e. The number of benzene rings is 2. The SMILES string of the molecule is CC(C)c1ccccc1C1CCCN1C1CC2(CCN(c3ccc(C(=O)NS(=O)(=O)c4cc([N+](=O)[O-])c(NCC5CCCCC5)cn4)c(-n4[nH]cc5nc6nccc6cc54)c3)CC2)C1. The first-order chi connectivity index (χ1) is 30.9. The number of rotatable bonds is 12. The van der Waals surface area contributed by atoms with Crippen molar-refractivity contribution in [2.75, 3.05) is 36.4 Å². The molecule has 0 bridgehead atoms. The minimum atomic E-state index is -4.64. The third-order valence-corrected chi connectivity index (χ3v) is 15.9. The van der Waals surface area contributed by atoms with E-state index >= 15 is 0 Å². The molecular formula is C48H56N10O5S. The fourth-order valence-electron chi connectivity index (χ4n) is 11.2. The van der Waals surface area contributed by atoms with Gasteiger partial charge in [-0.25, -0.2) is 19.7 Å². The molecule has 1 atom stereocenters. The third kappa shape index (κ3) is 7.99. The van der Waals surface area contributed by atoms with E-state index in [2.05, 4.69) is 73.0 Å². The summed E-state index contributed by atoms with van der Waals surface area (Å²) in [6.45, 7) is 8.00. The standard InChI is InChI=1S/C48H56N10O5S/c1-31(2)36-11-6-7-12-37(36)41-13-8-20-56(41)35-26-48(27-35)17-21-55(22-18-48)34-14-15-38(42(24-34)57-43-23-33-16-19-49-46(33)53-40(43)30-52-57)47(59)54-64(62,63)45-25-44(58(60)61)39(29-51-45)50-28-32-9-4-3-5-10-32/h6-7,11-12,14-16,19,23-25,29-32,35,41,50,52H,3-5,8-10,13,17-18,20-22,26-28H2,1-2H3,(H,54,59). The molecule has 4 aromatic heterocycles. The molecule has 64 heavy (non-hydrogen) atoms. The number of pyridine rings is 2. The molecule has 16 heteroatoms. The van der Waals surface area contributed by atoms with Crippen molar-refractivity contribution in [3.8, 4) is 5.69 Å². The van der Waals surface area contributed by atoms with Crippen LogP contribution in [0.2, 0.25) is 0 Å². The highest BCUT2D eigenvalue weighted by molar-refractivity contribution is 7.90. The number of carbonyl (C=O) groups is 1. The zero-order chi connectivity index (χ0) is 44.2. The number of anilines is 2. The highest BCUT2D eigenvalue weighted by atomic mass is 32.2. The van der Waals surface area contributed by atoms with Gasteiger partial charge in [0.25, 0.3) is 21.6 Å². The second-order valence-electron chi connectivity index (χ2n) is 18.9. The molecule has 2 aliphatic heterocycles. The summed E-state index contributed by atoms with van der Waals surface area (Å²) in [4.78, 5) is 44.0. The third-order valence-electron chi connectivity index (χ3n) is 14.7. The Balaban J connectivity index is 0.886. The molecule has 2 saturated carbocycles. The lowest BCUT2D eigenvalue weighted by molar-refractivity contribution is -0.384. The lowest BCUT2D eigenvalue weighted by Gasteiger charge is -2.56. The Hall–Kier alpha value is -5.87. The van der Waals surface area contributed by atoms with Gasteiger partial charge < -0.3 is 10.2 Å². The maximum Gasteiger partial charge on any atom is 0.296 e. The Bertz CT molecular complexity index is 2830. The number of aromatic amines is 1. The van der Waals surface area contributed by atoms with E-state index in [1.807, 2.05) is 24.3 Å². The van der Waals surface area contributed by atoms with Crippen LogP contribution in [0.1, 0.15) is 118 Å². The lowest BCUT2D eigenvalue weighted by Crippen LogP contribution is -2.55. The van der Waals surface area contributed by atoms with E-state index < -0.39 is 31.6 Å². The summed E-state index contributed by atoms with van der Waals surface area (Å²) in [6, 6.07) is 20.2. The number of piperidine rings is 1. The van der Waals surface area contributed by atoms with E-state index in [0.717, 1.165) is 81.5 Å². The van der Waals surface area contributed by atoms with Crippen molar-refractivity contribution in [3.05, 3.63) is 106 Å². The molecule has 2 saturated heterocycles. The molecule has 2 aromatic carbocycles. The summed E-state index contributed by atoms with van der Waals surface area (Å²) in [6.07, 6.45) is 17.1. The predicted octanol–water partition coefficient (Wildman–Crippen LogP) is 9.03. The van der Waals surface area contributed by atoms with Crippen LogP contribution in [-0.2, 0) is 10.0 Å². The van der Waals surface area contributed by atoms with Gasteiger partial charge in [0.2, 0.25) is 0 Å². The summed E-state index contributed by atoms with van der Waals surface area (Å²) in [5.74, 6) is -0.0283. The first-order valence-electron chi connectivity index (χ1n) is 23.0. The molecule has 0 radical (unpaired) electrons. The van der Waals surface area contributed by atoms with Crippen molar-refractivity contribution in [3.63, 3.8) is 0 Å². The summed E-state index contributed by atoms with van der Waals surface area (Å²) >= 11 is 0. The number of hydrogen-bond donors (Lipinski definition) is 3. The van der Waals surface area contributed by atoms with Crippen LogP contribution in [0.4, 0.5) is 17.1 Å². The molecule has 1 unspecified atom stereocenters.